The average Bonchev–Trinajstić information content (AvgIpc) is 2.31. The second-order valence-corrected chi connectivity index (χ2v) is 4.03. The fourth-order valence-electron chi connectivity index (χ4n) is 1.75. The minimum atomic E-state index is -0.00976. The number of hydrogen-bond acceptors (Lipinski definition) is 3. The predicted octanol–water partition coefficient (Wildman–Crippen LogP) is 2.41. The van der Waals surface area contributed by atoms with E-state index in [0.29, 0.717) is 19.4 Å². The van der Waals surface area contributed by atoms with Gasteiger partial charge in [-0.3, -0.25) is 4.79 Å². The van der Waals surface area contributed by atoms with E-state index in [1.54, 1.807) is 7.11 Å². The molecule has 0 aliphatic rings. The quantitative estimate of drug-likeness (QED) is 0.865. The second kappa shape index (κ2) is 7.95. The molecule has 0 fully saturated rings. The van der Waals surface area contributed by atoms with Gasteiger partial charge in [0.25, 0.3) is 0 Å². The van der Waals surface area contributed by atoms with E-state index in [2.05, 4.69) is 5.32 Å². The third-order valence-corrected chi connectivity index (χ3v) is 2.69. The summed E-state index contributed by atoms with van der Waals surface area (Å²) < 4.78 is 5.31. The summed E-state index contributed by atoms with van der Waals surface area (Å²) in [5.41, 5.74) is 8.18. The molecule has 0 saturated heterocycles. The van der Waals surface area contributed by atoms with Crippen LogP contribution < -0.4 is 15.8 Å². The van der Waals surface area contributed by atoms with Crippen molar-refractivity contribution in [2.24, 2.45) is 5.73 Å². The number of anilines is 1. The molecule has 0 bridgehead atoms. The molecule has 0 aliphatic carbocycles. The number of aryl methyl sites for hydroxylation is 1. The van der Waals surface area contributed by atoms with Gasteiger partial charge in [0.15, 0.2) is 0 Å². The van der Waals surface area contributed by atoms with Crippen molar-refractivity contribution in [3.8, 4) is 5.75 Å². The van der Waals surface area contributed by atoms with Crippen molar-refractivity contribution in [2.45, 2.75) is 26.7 Å². The third kappa shape index (κ3) is 4.20. The minimum Gasteiger partial charge on any atom is -0.496 e. The third-order valence-electron chi connectivity index (χ3n) is 2.69. The SMILES string of the molecule is COc1c(C)ccc(NC(=O)CCCN)c1C.Cl. The number of amides is 1. The van der Waals surface area contributed by atoms with Gasteiger partial charge in [0.1, 0.15) is 5.75 Å². The number of nitrogens with two attached hydrogens (primary N) is 1. The van der Waals surface area contributed by atoms with Crippen molar-refractivity contribution in [1.82, 2.24) is 0 Å². The minimum absolute atomic E-state index is 0. The number of ether oxygens (including phenoxy) is 1. The molecule has 0 aliphatic heterocycles. The number of hydrogen-bond donors (Lipinski definition) is 2. The summed E-state index contributed by atoms with van der Waals surface area (Å²) in [6.45, 7) is 4.44. The number of methoxy groups -OCH3 is 1. The first-order chi connectivity index (χ1) is 8.10. The summed E-state index contributed by atoms with van der Waals surface area (Å²) in [5, 5.41) is 2.87. The zero-order chi connectivity index (χ0) is 12.8. The van der Waals surface area contributed by atoms with E-state index < -0.39 is 0 Å². The topological polar surface area (TPSA) is 64.3 Å². The Kier molecular flexibility index (Phi) is 7.39. The lowest BCUT2D eigenvalue weighted by Crippen LogP contribution is -2.14. The molecule has 5 heteroatoms. The first kappa shape index (κ1) is 16.7. The highest BCUT2D eigenvalue weighted by Crippen LogP contribution is 2.29. The molecule has 1 amide bonds. The molecule has 0 atom stereocenters. The Labute approximate surface area is 114 Å². The standard InChI is InChI=1S/C13H20N2O2.ClH/c1-9-6-7-11(10(2)13(9)17-3)15-12(16)5-4-8-14;/h6-7H,4-5,8,14H2,1-3H3,(H,15,16);1H. The Bertz CT molecular complexity index is 408. The Morgan fingerprint density at radius 3 is 2.61 bits per heavy atom. The second-order valence-electron chi connectivity index (χ2n) is 4.03. The molecule has 1 rings (SSSR count). The molecule has 1 aromatic carbocycles. The van der Waals surface area contributed by atoms with Gasteiger partial charge >= 0.3 is 0 Å². The van der Waals surface area contributed by atoms with Gasteiger partial charge in [-0.2, -0.15) is 0 Å². The molecule has 0 aromatic heterocycles. The van der Waals surface area contributed by atoms with E-state index in [1.165, 1.54) is 0 Å². The largest absolute Gasteiger partial charge is 0.496 e. The molecule has 3 N–H and O–H groups in total. The molecule has 4 nitrogen and oxygen atoms in total. The van der Waals surface area contributed by atoms with Crippen molar-refractivity contribution in [1.29, 1.82) is 0 Å². The normalized spacial score (nSPS) is 9.56. The van der Waals surface area contributed by atoms with Crippen LogP contribution in [0.5, 0.6) is 5.75 Å². The lowest BCUT2D eigenvalue weighted by Gasteiger charge is -2.13. The molecule has 0 saturated carbocycles. The molecule has 0 heterocycles. The molecule has 18 heavy (non-hydrogen) atoms. The van der Waals surface area contributed by atoms with Crippen LogP contribution in [-0.2, 0) is 4.79 Å². The van der Waals surface area contributed by atoms with E-state index in [-0.39, 0.29) is 18.3 Å². The monoisotopic (exact) mass is 272 g/mol. The summed E-state index contributed by atoms with van der Waals surface area (Å²) in [4.78, 5) is 11.6. The van der Waals surface area contributed by atoms with Crippen molar-refractivity contribution in [3.63, 3.8) is 0 Å². The van der Waals surface area contributed by atoms with Crippen LogP contribution in [0.2, 0.25) is 0 Å². The van der Waals surface area contributed by atoms with Crippen LogP contribution in [0, 0.1) is 13.8 Å². The maximum absolute atomic E-state index is 11.6. The lowest BCUT2D eigenvalue weighted by atomic mass is 10.1. The Hall–Kier alpha value is -1.26. The fourth-order valence-corrected chi connectivity index (χ4v) is 1.75. The van der Waals surface area contributed by atoms with Gasteiger partial charge < -0.3 is 15.8 Å². The first-order valence-corrected chi connectivity index (χ1v) is 5.74. The van der Waals surface area contributed by atoms with Gasteiger partial charge in [0, 0.05) is 17.7 Å². The Morgan fingerprint density at radius 2 is 2.06 bits per heavy atom. The van der Waals surface area contributed by atoms with Crippen molar-refractivity contribution < 1.29 is 9.53 Å². The van der Waals surface area contributed by atoms with Crippen LogP contribution in [0.3, 0.4) is 0 Å². The van der Waals surface area contributed by atoms with Crippen molar-refractivity contribution in [2.75, 3.05) is 19.0 Å². The number of carbonyl (C=O) groups is 1. The van der Waals surface area contributed by atoms with Gasteiger partial charge in [0.2, 0.25) is 5.91 Å². The summed E-state index contributed by atoms with van der Waals surface area (Å²) in [5.74, 6) is 0.811. The fraction of sp³-hybridized carbons (Fsp3) is 0.462. The molecule has 1 aromatic rings. The summed E-state index contributed by atoms with van der Waals surface area (Å²) in [6.07, 6.45) is 1.15. The van der Waals surface area contributed by atoms with Crippen LogP contribution in [0.1, 0.15) is 24.0 Å². The molecular formula is C13H21ClN2O2. The Balaban J connectivity index is 0.00000289. The van der Waals surface area contributed by atoms with Crippen LogP contribution in [0.25, 0.3) is 0 Å². The summed E-state index contributed by atoms with van der Waals surface area (Å²) >= 11 is 0. The molecule has 102 valence electrons. The van der Waals surface area contributed by atoms with Gasteiger partial charge in [-0.25, -0.2) is 0 Å². The van der Waals surface area contributed by atoms with E-state index in [0.717, 1.165) is 22.6 Å². The number of carbonyl (C=O) groups excluding carboxylic acids is 1. The average molecular weight is 273 g/mol. The van der Waals surface area contributed by atoms with Gasteiger partial charge in [-0.15, -0.1) is 12.4 Å². The molecule has 0 unspecified atom stereocenters. The zero-order valence-electron chi connectivity index (χ0n) is 11.1. The van der Waals surface area contributed by atoms with Crippen molar-refractivity contribution in [3.05, 3.63) is 23.3 Å². The summed E-state index contributed by atoms with van der Waals surface area (Å²) in [6, 6.07) is 3.83. The van der Waals surface area contributed by atoms with Crippen LogP contribution >= 0.6 is 12.4 Å². The van der Waals surface area contributed by atoms with E-state index >= 15 is 0 Å². The highest BCUT2D eigenvalue weighted by Gasteiger charge is 2.09. The van der Waals surface area contributed by atoms with Crippen LogP contribution in [0.15, 0.2) is 12.1 Å². The van der Waals surface area contributed by atoms with Crippen LogP contribution in [0.4, 0.5) is 5.69 Å². The van der Waals surface area contributed by atoms with Gasteiger partial charge in [0.05, 0.1) is 7.11 Å². The van der Waals surface area contributed by atoms with Gasteiger partial charge in [-0.05, 0) is 38.4 Å². The number of halogens is 1. The smallest absolute Gasteiger partial charge is 0.224 e. The molecule has 0 radical (unpaired) electrons. The van der Waals surface area contributed by atoms with Crippen LogP contribution in [-0.4, -0.2) is 19.6 Å². The Morgan fingerprint density at radius 1 is 1.39 bits per heavy atom. The number of rotatable bonds is 5. The van der Waals surface area contributed by atoms with E-state index in [9.17, 15) is 4.79 Å². The molecule has 0 spiro atoms. The maximum atomic E-state index is 11.6. The number of nitrogens with one attached hydrogen (secondary N) is 1. The van der Waals surface area contributed by atoms with Crippen molar-refractivity contribution >= 4 is 24.0 Å². The highest BCUT2D eigenvalue weighted by atomic mass is 35.5. The van der Waals surface area contributed by atoms with Gasteiger partial charge in [-0.1, -0.05) is 6.07 Å². The molecular weight excluding hydrogens is 252 g/mol. The predicted molar refractivity (Wildman–Crippen MR) is 76.6 cm³/mol. The lowest BCUT2D eigenvalue weighted by molar-refractivity contribution is -0.116. The van der Waals surface area contributed by atoms with E-state index in [1.807, 2.05) is 26.0 Å². The van der Waals surface area contributed by atoms with E-state index in [4.69, 9.17) is 10.5 Å². The number of benzene rings is 1. The maximum Gasteiger partial charge on any atom is 0.224 e. The first-order valence-electron chi connectivity index (χ1n) is 5.74. The zero-order valence-corrected chi connectivity index (χ0v) is 11.9. The summed E-state index contributed by atoms with van der Waals surface area (Å²) in [7, 11) is 1.63. The highest BCUT2D eigenvalue weighted by molar-refractivity contribution is 5.92.